The van der Waals surface area contributed by atoms with Gasteiger partial charge in [0.05, 0.1) is 17.1 Å². The van der Waals surface area contributed by atoms with Crippen LogP contribution >= 0.6 is 0 Å². The maximum atomic E-state index is 2.48. The van der Waals surface area contributed by atoms with Crippen molar-refractivity contribution in [1.82, 2.24) is 0 Å². The zero-order valence-corrected chi connectivity index (χ0v) is 25.0. The van der Waals surface area contributed by atoms with E-state index >= 15 is 0 Å². The lowest BCUT2D eigenvalue weighted by atomic mass is 9.72. The number of nitrogens with zero attached hydrogens (tertiary/aromatic N) is 2. The lowest BCUT2D eigenvalue weighted by Crippen LogP contribution is -2.31. The normalized spacial score (nSPS) is 13.5. The molecule has 0 fully saturated rings. The molecule has 6 aromatic carbocycles. The molecule has 0 atom stereocenters. The summed E-state index contributed by atoms with van der Waals surface area (Å²) in [4.78, 5) is 4.90. The van der Waals surface area contributed by atoms with E-state index < -0.39 is 0 Å². The zero-order valence-electron chi connectivity index (χ0n) is 25.0. The molecule has 1 aliphatic rings. The Kier molecular flexibility index (Phi) is 6.17. The minimum absolute atomic E-state index is 0.210. The largest absolute Gasteiger partial charge is 0.310 e. The molecule has 2 nitrogen and oxygen atoms in total. The first-order chi connectivity index (χ1) is 20.3. The van der Waals surface area contributed by atoms with Gasteiger partial charge in [-0.15, -0.1) is 0 Å². The Balaban J connectivity index is 1.58. The summed E-state index contributed by atoms with van der Waals surface area (Å²) in [6.45, 7) is 11.2. The number of aryl methyl sites for hydroxylation is 3. The lowest BCUT2D eigenvalue weighted by molar-refractivity contribution is 0.633. The molecule has 0 bridgehead atoms. The Morgan fingerprint density at radius 3 is 1.62 bits per heavy atom. The highest BCUT2D eigenvalue weighted by Gasteiger charge is 2.39. The second-order valence-electron chi connectivity index (χ2n) is 12.2. The number of anilines is 6. The van der Waals surface area contributed by atoms with E-state index in [9.17, 15) is 0 Å². The Morgan fingerprint density at radius 1 is 0.524 bits per heavy atom. The van der Waals surface area contributed by atoms with E-state index in [1.54, 1.807) is 0 Å². The van der Waals surface area contributed by atoms with Crippen molar-refractivity contribution in [3.8, 4) is 0 Å². The maximum absolute atomic E-state index is 2.48. The van der Waals surface area contributed by atoms with E-state index in [2.05, 4.69) is 172 Å². The monoisotopic (exact) mass is 544 g/mol. The average molecular weight is 545 g/mol. The van der Waals surface area contributed by atoms with Crippen molar-refractivity contribution in [2.45, 2.75) is 40.0 Å². The van der Waals surface area contributed by atoms with Gasteiger partial charge in [-0.1, -0.05) is 109 Å². The molecule has 0 spiro atoms. The number of fused-ring (bicyclic) bond motifs is 4. The van der Waals surface area contributed by atoms with Crippen molar-refractivity contribution in [2.75, 3.05) is 9.80 Å². The van der Waals surface area contributed by atoms with E-state index in [0.29, 0.717) is 0 Å². The molecule has 0 amide bonds. The van der Waals surface area contributed by atoms with Crippen molar-refractivity contribution in [2.24, 2.45) is 0 Å². The van der Waals surface area contributed by atoms with Crippen LogP contribution in [0.25, 0.3) is 10.8 Å². The van der Waals surface area contributed by atoms with Crippen molar-refractivity contribution in [3.05, 3.63) is 155 Å². The van der Waals surface area contributed by atoms with E-state index in [1.807, 2.05) is 0 Å². The lowest BCUT2D eigenvalue weighted by Gasteiger charge is -2.43. The number of rotatable bonds is 4. The van der Waals surface area contributed by atoms with Crippen LogP contribution in [0.5, 0.6) is 0 Å². The van der Waals surface area contributed by atoms with Crippen LogP contribution in [0.4, 0.5) is 34.1 Å². The summed E-state index contributed by atoms with van der Waals surface area (Å²) < 4.78 is 0. The minimum atomic E-state index is -0.210. The van der Waals surface area contributed by atoms with Gasteiger partial charge >= 0.3 is 0 Å². The first-order valence-electron chi connectivity index (χ1n) is 14.8. The second kappa shape index (κ2) is 9.92. The Bertz CT molecular complexity index is 1870. The van der Waals surface area contributed by atoms with Gasteiger partial charge < -0.3 is 9.80 Å². The van der Waals surface area contributed by atoms with E-state index in [-0.39, 0.29) is 5.41 Å². The van der Waals surface area contributed by atoms with Gasteiger partial charge in [-0.2, -0.15) is 0 Å². The Hall–Kier alpha value is -4.82. The van der Waals surface area contributed by atoms with Gasteiger partial charge in [0.1, 0.15) is 0 Å². The highest BCUT2D eigenvalue weighted by Crippen LogP contribution is 2.56. The summed E-state index contributed by atoms with van der Waals surface area (Å²) >= 11 is 0. The molecule has 0 N–H and O–H groups in total. The van der Waals surface area contributed by atoms with Gasteiger partial charge in [0.2, 0.25) is 0 Å². The van der Waals surface area contributed by atoms with Crippen LogP contribution in [-0.4, -0.2) is 0 Å². The SMILES string of the molecule is Cc1ccc(N(c2ccc(C)cc2)c2cc3c(c4ccccc24)N(c2ccc(C)cc2)c2ccccc2C3(C)C)cc1. The number of hydrogen-bond acceptors (Lipinski definition) is 2. The molecule has 0 saturated carbocycles. The minimum Gasteiger partial charge on any atom is -0.310 e. The molecule has 7 rings (SSSR count). The third-order valence-electron chi connectivity index (χ3n) is 8.83. The van der Waals surface area contributed by atoms with Gasteiger partial charge in [0.25, 0.3) is 0 Å². The fourth-order valence-corrected chi connectivity index (χ4v) is 6.48. The van der Waals surface area contributed by atoms with Gasteiger partial charge in [-0.25, -0.2) is 0 Å². The fourth-order valence-electron chi connectivity index (χ4n) is 6.48. The van der Waals surface area contributed by atoms with E-state index in [1.165, 1.54) is 61.3 Å². The van der Waals surface area contributed by atoms with Crippen LogP contribution in [0.15, 0.2) is 127 Å². The molecule has 42 heavy (non-hydrogen) atoms. The third kappa shape index (κ3) is 4.18. The predicted octanol–water partition coefficient (Wildman–Crippen LogP) is 11.3. The second-order valence-corrected chi connectivity index (χ2v) is 12.2. The predicted molar refractivity (Wildman–Crippen MR) is 180 cm³/mol. The third-order valence-corrected chi connectivity index (χ3v) is 8.83. The summed E-state index contributed by atoms with van der Waals surface area (Å²) in [6.07, 6.45) is 0. The zero-order chi connectivity index (χ0) is 29.0. The molecular formula is C40H36N2. The van der Waals surface area contributed by atoms with Crippen LogP contribution < -0.4 is 9.80 Å². The first-order valence-corrected chi connectivity index (χ1v) is 14.8. The highest BCUT2D eigenvalue weighted by atomic mass is 15.2. The Labute approximate surface area is 249 Å². The topological polar surface area (TPSA) is 6.48 Å². The molecule has 0 unspecified atom stereocenters. The van der Waals surface area contributed by atoms with Gasteiger partial charge in [0, 0.05) is 33.2 Å². The summed E-state index contributed by atoms with van der Waals surface area (Å²) in [6, 6.07) is 47.0. The van der Waals surface area contributed by atoms with Gasteiger partial charge in [-0.05, 0) is 80.4 Å². The summed E-state index contributed by atoms with van der Waals surface area (Å²) in [5, 5.41) is 2.47. The van der Waals surface area contributed by atoms with Crippen LogP contribution in [-0.2, 0) is 5.41 Å². The van der Waals surface area contributed by atoms with Gasteiger partial charge in [-0.3, -0.25) is 0 Å². The van der Waals surface area contributed by atoms with Crippen LogP contribution in [0, 0.1) is 20.8 Å². The van der Waals surface area contributed by atoms with Crippen LogP contribution in [0.2, 0.25) is 0 Å². The number of para-hydroxylation sites is 1. The highest BCUT2D eigenvalue weighted by molar-refractivity contribution is 6.10. The molecule has 0 aromatic heterocycles. The summed E-state index contributed by atoms with van der Waals surface area (Å²) in [5.41, 5.74) is 13.4. The molecule has 0 aliphatic carbocycles. The molecule has 1 heterocycles. The summed E-state index contributed by atoms with van der Waals surface area (Å²) in [5.74, 6) is 0. The molecule has 206 valence electrons. The van der Waals surface area contributed by atoms with Crippen LogP contribution in [0.3, 0.4) is 0 Å². The molecule has 2 heteroatoms. The number of hydrogen-bond donors (Lipinski definition) is 0. The molecule has 0 saturated heterocycles. The molecule has 1 aliphatic heterocycles. The average Bonchev–Trinajstić information content (AvgIpc) is 3.00. The quantitative estimate of drug-likeness (QED) is 0.218. The van der Waals surface area contributed by atoms with Crippen LogP contribution in [0.1, 0.15) is 41.7 Å². The van der Waals surface area contributed by atoms with E-state index in [0.717, 1.165) is 11.4 Å². The summed E-state index contributed by atoms with van der Waals surface area (Å²) in [7, 11) is 0. The standard InChI is InChI=1S/C40H36N2/c1-27-14-20-30(21-15-27)41(31-22-16-28(2)17-23-31)38-26-36-39(34-11-7-6-10-33(34)38)42(32-24-18-29(3)19-25-32)37-13-9-8-12-35(37)40(36,4)5/h6-26H,1-5H3. The van der Waals surface area contributed by atoms with Crippen molar-refractivity contribution < 1.29 is 0 Å². The maximum Gasteiger partial charge on any atom is 0.0582 e. The number of benzene rings is 6. The molecule has 0 radical (unpaired) electrons. The first kappa shape index (κ1) is 26.1. The Morgan fingerprint density at radius 2 is 1.02 bits per heavy atom. The van der Waals surface area contributed by atoms with Crippen molar-refractivity contribution in [1.29, 1.82) is 0 Å². The van der Waals surface area contributed by atoms with E-state index in [4.69, 9.17) is 0 Å². The smallest absolute Gasteiger partial charge is 0.0582 e. The van der Waals surface area contributed by atoms with Crippen molar-refractivity contribution >= 4 is 44.9 Å². The molecular weight excluding hydrogens is 508 g/mol. The fraction of sp³-hybridized carbons (Fsp3) is 0.150. The van der Waals surface area contributed by atoms with Crippen molar-refractivity contribution in [3.63, 3.8) is 0 Å². The van der Waals surface area contributed by atoms with Gasteiger partial charge in [0.15, 0.2) is 0 Å². The molecule has 6 aromatic rings.